The number of amides is 1. The summed E-state index contributed by atoms with van der Waals surface area (Å²) < 4.78 is 1.26. The highest BCUT2D eigenvalue weighted by Gasteiger charge is 2.25. The quantitative estimate of drug-likeness (QED) is 0.797. The summed E-state index contributed by atoms with van der Waals surface area (Å²) in [5, 5.41) is 4.11. The fourth-order valence-electron chi connectivity index (χ4n) is 2.25. The molecule has 0 saturated carbocycles. The molecule has 1 atom stereocenters. The molecule has 0 N–H and O–H groups in total. The van der Waals surface area contributed by atoms with Gasteiger partial charge in [0.25, 0.3) is 5.56 Å². The van der Waals surface area contributed by atoms with E-state index < -0.39 is 6.04 Å². The van der Waals surface area contributed by atoms with Crippen LogP contribution in [0, 0.1) is 0 Å². The summed E-state index contributed by atoms with van der Waals surface area (Å²) in [4.78, 5) is 27.9. The Balaban J connectivity index is 2.21. The van der Waals surface area contributed by atoms with Crippen LogP contribution < -0.4 is 10.5 Å². The summed E-state index contributed by atoms with van der Waals surface area (Å²) in [5.74, 6) is -0.0234. The predicted octanol–water partition coefficient (Wildman–Crippen LogP) is 0.493. The Kier molecular flexibility index (Phi) is 3.87. The van der Waals surface area contributed by atoms with Crippen molar-refractivity contribution < 1.29 is 4.79 Å². The third-order valence-electron chi connectivity index (χ3n) is 3.47. The van der Waals surface area contributed by atoms with E-state index in [1.54, 1.807) is 18.0 Å². The largest absolute Gasteiger partial charge is 0.376 e. The summed E-state index contributed by atoms with van der Waals surface area (Å²) in [6.45, 7) is 3.30. The molecule has 1 aliphatic heterocycles. The highest BCUT2D eigenvalue weighted by Crippen LogP contribution is 2.14. The van der Waals surface area contributed by atoms with E-state index in [4.69, 9.17) is 0 Å². The minimum atomic E-state index is -0.540. The fourth-order valence-corrected chi connectivity index (χ4v) is 2.25. The molecule has 1 aromatic rings. The Hall–Kier alpha value is -1.85. The molecule has 0 spiro atoms. The molecule has 2 rings (SSSR count). The maximum atomic E-state index is 12.2. The van der Waals surface area contributed by atoms with Crippen LogP contribution in [0.1, 0.15) is 25.8 Å². The van der Waals surface area contributed by atoms with Crippen LogP contribution in [-0.4, -0.2) is 47.8 Å². The van der Waals surface area contributed by atoms with Crippen molar-refractivity contribution in [3.63, 3.8) is 0 Å². The Bertz CT molecular complexity index is 518. The molecule has 1 amide bonds. The van der Waals surface area contributed by atoms with Crippen LogP contribution >= 0.6 is 0 Å². The Morgan fingerprint density at radius 2 is 2.00 bits per heavy atom. The van der Waals surface area contributed by atoms with E-state index in [1.807, 2.05) is 19.0 Å². The maximum Gasteiger partial charge on any atom is 0.269 e. The average Bonchev–Trinajstić information content (AvgIpc) is 2.90. The predicted molar refractivity (Wildman–Crippen MR) is 73.3 cm³/mol. The van der Waals surface area contributed by atoms with Gasteiger partial charge in [-0.2, -0.15) is 5.10 Å². The van der Waals surface area contributed by atoms with Crippen molar-refractivity contribution >= 4 is 11.6 Å². The van der Waals surface area contributed by atoms with Gasteiger partial charge >= 0.3 is 0 Å². The zero-order valence-corrected chi connectivity index (χ0v) is 11.7. The SMILES string of the molecule is C[C@H](C(=O)N1CCCC1)n1ncc(N(C)C)cc1=O. The topological polar surface area (TPSA) is 58.4 Å². The number of likely N-dealkylation sites (tertiary alicyclic amines) is 1. The molecule has 0 unspecified atom stereocenters. The van der Waals surface area contributed by atoms with E-state index in [-0.39, 0.29) is 11.5 Å². The first-order chi connectivity index (χ1) is 9.00. The van der Waals surface area contributed by atoms with E-state index in [1.165, 1.54) is 10.7 Å². The van der Waals surface area contributed by atoms with Crippen LogP contribution in [0.2, 0.25) is 0 Å². The third-order valence-corrected chi connectivity index (χ3v) is 3.47. The molecule has 1 saturated heterocycles. The number of nitrogens with zero attached hydrogens (tertiary/aromatic N) is 4. The zero-order chi connectivity index (χ0) is 14.0. The van der Waals surface area contributed by atoms with Crippen molar-refractivity contribution in [1.82, 2.24) is 14.7 Å². The van der Waals surface area contributed by atoms with Gasteiger partial charge in [-0.3, -0.25) is 9.59 Å². The molecular weight excluding hydrogens is 244 g/mol. The first-order valence-corrected chi connectivity index (χ1v) is 6.55. The first kappa shape index (κ1) is 13.6. The normalized spacial score (nSPS) is 16.5. The van der Waals surface area contributed by atoms with Crippen LogP contribution in [-0.2, 0) is 4.79 Å². The number of anilines is 1. The zero-order valence-electron chi connectivity index (χ0n) is 11.7. The second-order valence-electron chi connectivity index (χ2n) is 5.10. The molecule has 0 aromatic carbocycles. The van der Waals surface area contributed by atoms with Gasteiger partial charge in [0, 0.05) is 33.3 Å². The van der Waals surface area contributed by atoms with Crippen LogP contribution in [0.3, 0.4) is 0 Å². The lowest BCUT2D eigenvalue weighted by atomic mass is 10.3. The number of aromatic nitrogens is 2. The smallest absolute Gasteiger partial charge is 0.269 e. The molecule has 6 nitrogen and oxygen atoms in total. The van der Waals surface area contributed by atoms with Gasteiger partial charge in [0.1, 0.15) is 6.04 Å². The monoisotopic (exact) mass is 264 g/mol. The van der Waals surface area contributed by atoms with E-state index in [2.05, 4.69) is 5.10 Å². The lowest BCUT2D eigenvalue weighted by Crippen LogP contribution is -2.38. The molecule has 0 bridgehead atoms. The number of rotatable bonds is 3. The van der Waals surface area contributed by atoms with Crippen LogP contribution in [0.25, 0.3) is 0 Å². The van der Waals surface area contributed by atoms with E-state index >= 15 is 0 Å². The second kappa shape index (κ2) is 5.42. The molecule has 6 heteroatoms. The number of carbonyl (C=O) groups excluding carboxylic acids is 1. The summed E-state index contributed by atoms with van der Waals surface area (Å²) in [6, 6.07) is 0.961. The minimum absolute atomic E-state index is 0.0234. The van der Waals surface area contributed by atoms with Gasteiger partial charge < -0.3 is 9.80 Å². The van der Waals surface area contributed by atoms with Crippen molar-refractivity contribution in [2.75, 3.05) is 32.1 Å². The van der Waals surface area contributed by atoms with Crippen molar-refractivity contribution in [3.8, 4) is 0 Å². The van der Waals surface area contributed by atoms with Gasteiger partial charge in [-0.1, -0.05) is 0 Å². The van der Waals surface area contributed by atoms with E-state index in [9.17, 15) is 9.59 Å². The van der Waals surface area contributed by atoms with Gasteiger partial charge in [0.05, 0.1) is 11.9 Å². The first-order valence-electron chi connectivity index (χ1n) is 6.55. The maximum absolute atomic E-state index is 12.2. The molecule has 1 fully saturated rings. The molecule has 1 aromatic heterocycles. The summed E-state index contributed by atoms with van der Waals surface area (Å²) in [7, 11) is 3.69. The Morgan fingerprint density at radius 3 is 2.53 bits per heavy atom. The van der Waals surface area contributed by atoms with Gasteiger partial charge in [-0.05, 0) is 19.8 Å². The van der Waals surface area contributed by atoms with Crippen LogP contribution in [0.5, 0.6) is 0 Å². The fraction of sp³-hybridized carbons (Fsp3) is 0.615. The van der Waals surface area contributed by atoms with Crippen LogP contribution in [0.15, 0.2) is 17.1 Å². The lowest BCUT2D eigenvalue weighted by Gasteiger charge is -2.21. The van der Waals surface area contributed by atoms with Crippen molar-refractivity contribution in [2.24, 2.45) is 0 Å². The van der Waals surface area contributed by atoms with Crippen molar-refractivity contribution in [3.05, 3.63) is 22.6 Å². The Morgan fingerprint density at radius 1 is 1.37 bits per heavy atom. The summed E-state index contributed by atoms with van der Waals surface area (Å²) >= 11 is 0. The third kappa shape index (κ3) is 2.77. The highest BCUT2D eigenvalue weighted by atomic mass is 16.2. The average molecular weight is 264 g/mol. The molecule has 104 valence electrons. The van der Waals surface area contributed by atoms with Crippen molar-refractivity contribution in [1.29, 1.82) is 0 Å². The van der Waals surface area contributed by atoms with Gasteiger partial charge in [0.2, 0.25) is 5.91 Å². The minimum Gasteiger partial charge on any atom is -0.376 e. The molecule has 1 aliphatic rings. The molecule has 19 heavy (non-hydrogen) atoms. The summed E-state index contributed by atoms with van der Waals surface area (Å²) in [5.41, 5.74) is 0.494. The van der Waals surface area contributed by atoms with E-state index in [0.29, 0.717) is 0 Å². The number of carbonyl (C=O) groups is 1. The van der Waals surface area contributed by atoms with Crippen LogP contribution in [0.4, 0.5) is 5.69 Å². The van der Waals surface area contributed by atoms with Gasteiger partial charge in [-0.15, -0.1) is 0 Å². The van der Waals surface area contributed by atoms with Crippen molar-refractivity contribution in [2.45, 2.75) is 25.8 Å². The summed E-state index contributed by atoms with van der Waals surface area (Å²) in [6.07, 6.45) is 3.69. The lowest BCUT2D eigenvalue weighted by molar-refractivity contribution is -0.133. The number of hydrogen-bond donors (Lipinski definition) is 0. The molecule has 0 aliphatic carbocycles. The number of hydrogen-bond acceptors (Lipinski definition) is 4. The molecular formula is C13H20N4O2. The Labute approximate surface area is 112 Å². The molecule has 0 radical (unpaired) electrons. The standard InChI is InChI=1S/C13H20N4O2/c1-10(13(19)16-6-4-5-7-16)17-12(18)8-11(9-14-17)15(2)3/h8-10H,4-7H2,1-3H3/t10-/m1/s1. The van der Waals surface area contributed by atoms with E-state index in [0.717, 1.165) is 31.6 Å². The van der Waals surface area contributed by atoms with Gasteiger partial charge in [0.15, 0.2) is 0 Å². The van der Waals surface area contributed by atoms with Gasteiger partial charge in [-0.25, -0.2) is 4.68 Å². The molecule has 2 heterocycles. The second-order valence-corrected chi connectivity index (χ2v) is 5.10. The highest BCUT2D eigenvalue weighted by molar-refractivity contribution is 5.80.